The molecule has 0 aliphatic rings. The first-order valence-electron chi connectivity index (χ1n) is 10.8. The van der Waals surface area contributed by atoms with Crippen LogP contribution in [0.25, 0.3) is 0 Å². The fraction of sp³-hybridized carbons (Fsp3) is 0.571. The minimum absolute atomic E-state index is 0.103. The monoisotopic (exact) mass is 450 g/mol. The summed E-state index contributed by atoms with van der Waals surface area (Å²) in [6.45, 7) is 4.32. The number of nitrogens with zero attached hydrogens (tertiary/aromatic N) is 3. The second-order valence-corrected chi connectivity index (χ2v) is 7.60. The van der Waals surface area contributed by atoms with Crippen LogP contribution in [0.5, 0.6) is 5.75 Å². The van der Waals surface area contributed by atoms with Crippen LogP contribution in [-0.2, 0) is 16.1 Å². The molecule has 0 unspecified atom stereocenters. The van der Waals surface area contributed by atoms with E-state index in [2.05, 4.69) is 4.99 Å². The lowest BCUT2D eigenvalue weighted by Crippen LogP contribution is -2.49. The van der Waals surface area contributed by atoms with Gasteiger partial charge < -0.3 is 21.5 Å². The number of guanidine groups is 1. The highest BCUT2D eigenvalue weighted by Gasteiger charge is 2.32. The van der Waals surface area contributed by atoms with Gasteiger partial charge >= 0.3 is 0 Å². The fourth-order valence-electron chi connectivity index (χ4n) is 3.53. The van der Waals surface area contributed by atoms with Crippen molar-refractivity contribution in [3.63, 3.8) is 0 Å². The second kappa shape index (κ2) is 13.8. The molecular weight excluding hydrogens is 416 g/mol. The van der Waals surface area contributed by atoms with Gasteiger partial charge in [0.05, 0.1) is 0 Å². The van der Waals surface area contributed by atoms with Gasteiger partial charge in [-0.2, -0.15) is 0 Å². The Labute approximate surface area is 188 Å². The van der Waals surface area contributed by atoms with E-state index in [1.165, 1.54) is 17.0 Å². The number of hydrogen-bond donors (Lipinski definition) is 4. The molecule has 0 aliphatic carbocycles. The van der Waals surface area contributed by atoms with Crippen LogP contribution in [0.1, 0.15) is 57.9 Å². The first kappa shape index (κ1) is 26.7. The van der Waals surface area contributed by atoms with Crippen molar-refractivity contribution in [2.75, 3.05) is 6.54 Å². The van der Waals surface area contributed by atoms with E-state index < -0.39 is 17.0 Å². The van der Waals surface area contributed by atoms with E-state index in [9.17, 15) is 24.8 Å². The quantitative estimate of drug-likeness (QED) is 0.109. The smallest absolute Gasteiger partial charge is 0.251 e. The lowest BCUT2D eigenvalue weighted by Gasteiger charge is -2.33. The van der Waals surface area contributed by atoms with Crippen molar-refractivity contribution in [2.24, 2.45) is 22.4 Å². The molecule has 0 saturated heterocycles. The number of aliphatic imine (C=N–C) groups is 1. The molecule has 0 fully saturated rings. The number of phenolic OH excluding ortho intramolecular Hbond substituents is 1. The summed E-state index contributed by atoms with van der Waals surface area (Å²) in [5, 5.41) is 19.1. The van der Waals surface area contributed by atoms with Crippen LogP contribution < -0.4 is 16.9 Å². The van der Waals surface area contributed by atoms with Crippen molar-refractivity contribution in [3.8, 4) is 5.75 Å². The maximum Gasteiger partial charge on any atom is 0.251 e. The van der Waals surface area contributed by atoms with Crippen LogP contribution in [0.4, 0.5) is 0 Å². The van der Waals surface area contributed by atoms with Crippen molar-refractivity contribution in [1.82, 2.24) is 10.3 Å². The standard InChI is InChI=1S/C21H34N6O5/c1-3-6-16(7-4-2)20(30)26(14-15-9-11-17(28)12-10-15)18(19(22)29)8-5-13-24-21(23)25-27(31)32/h9-12,16,18,28H,3-8,13-14H2,1-2H3,(H2,22,29)(H3,23,24,25)/t18-/m1/s1. The molecule has 11 heteroatoms. The number of nitro groups is 1. The second-order valence-electron chi connectivity index (χ2n) is 7.60. The molecule has 178 valence electrons. The molecule has 32 heavy (non-hydrogen) atoms. The summed E-state index contributed by atoms with van der Waals surface area (Å²) in [4.78, 5) is 41.5. The number of hydrazine groups is 1. The van der Waals surface area contributed by atoms with Gasteiger partial charge in [0.15, 0.2) is 5.03 Å². The van der Waals surface area contributed by atoms with Crippen LogP contribution in [0, 0.1) is 16.0 Å². The van der Waals surface area contributed by atoms with Crippen molar-refractivity contribution in [3.05, 3.63) is 39.9 Å². The number of nitrogens with two attached hydrogens (primary N) is 2. The minimum Gasteiger partial charge on any atom is -0.508 e. The summed E-state index contributed by atoms with van der Waals surface area (Å²) < 4.78 is 0. The molecule has 0 bridgehead atoms. The lowest BCUT2D eigenvalue weighted by atomic mass is 9.94. The Morgan fingerprint density at radius 2 is 1.75 bits per heavy atom. The molecule has 0 saturated carbocycles. The Hall–Kier alpha value is -3.37. The SMILES string of the molecule is CCCC(CCC)C(=O)N(Cc1ccc(O)cc1)[C@H](CCCN=C(N)N[N+](=O)[O-])C(N)=O. The van der Waals surface area contributed by atoms with E-state index >= 15 is 0 Å². The number of carbonyl (C=O) groups excluding carboxylic acids is 2. The molecule has 0 spiro atoms. The number of benzene rings is 1. The number of carbonyl (C=O) groups is 2. The van der Waals surface area contributed by atoms with Gasteiger partial charge in [0, 0.05) is 19.0 Å². The van der Waals surface area contributed by atoms with Crippen molar-refractivity contribution in [2.45, 2.75) is 65.0 Å². The summed E-state index contributed by atoms with van der Waals surface area (Å²) >= 11 is 0. The van der Waals surface area contributed by atoms with Gasteiger partial charge in [-0.05, 0) is 43.4 Å². The number of nitrogens with one attached hydrogen (secondary N) is 1. The number of primary amides is 1. The zero-order chi connectivity index (χ0) is 24.1. The molecule has 0 heterocycles. The van der Waals surface area contributed by atoms with Crippen molar-refractivity contribution < 1.29 is 19.7 Å². The molecule has 6 N–H and O–H groups in total. The van der Waals surface area contributed by atoms with Crippen LogP contribution in [0.15, 0.2) is 29.3 Å². The number of amides is 2. The van der Waals surface area contributed by atoms with E-state index in [1.54, 1.807) is 17.6 Å². The van der Waals surface area contributed by atoms with Gasteiger partial charge in [-0.3, -0.25) is 9.59 Å². The van der Waals surface area contributed by atoms with Gasteiger partial charge in [0.1, 0.15) is 11.8 Å². The van der Waals surface area contributed by atoms with Gasteiger partial charge in [-0.15, -0.1) is 0 Å². The maximum absolute atomic E-state index is 13.4. The van der Waals surface area contributed by atoms with Crippen LogP contribution >= 0.6 is 0 Å². The molecule has 0 aliphatic heterocycles. The third-order valence-electron chi connectivity index (χ3n) is 5.02. The molecule has 1 atom stereocenters. The molecule has 2 amide bonds. The van der Waals surface area contributed by atoms with Crippen LogP contribution in [0.2, 0.25) is 0 Å². The van der Waals surface area contributed by atoms with E-state index in [-0.39, 0.29) is 43.0 Å². The topological polar surface area (TPSA) is 177 Å². The number of aromatic hydroxyl groups is 1. The molecule has 1 aromatic rings. The highest BCUT2D eigenvalue weighted by atomic mass is 16.7. The van der Waals surface area contributed by atoms with Crippen molar-refractivity contribution >= 4 is 17.8 Å². The van der Waals surface area contributed by atoms with Crippen LogP contribution in [-0.4, -0.2) is 45.4 Å². The molecule has 0 radical (unpaired) electrons. The maximum atomic E-state index is 13.4. The fourth-order valence-corrected chi connectivity index (χ4v) is 3.53. The zero-order valence-electron chi connectivity index (χ0n) is 18.7. The zero-order valence-corrected chi connectivity index (χ0v) is 18.7. The van der Waals surface area contributed by atoms with E-state index in [1.807, 2.05) is 13.8 Å². The van der Waals surface area contributed by atoms with Gasteiger partial charge in [-0.25, -0.2) is 15.1 Å². The predicted octanol–water partition coefficient (Wildman–Crippen LogP) is 1.67. The minimum atomic E-state index is -0.868. The molecule has 1 rings (SSSR count). The summed E-state index contributed by atoms with van der Waals surface area (Å²) in [7, 11) is 0. The van der Waals surface area contributed by atoms with E-state index in [4.69, 9.17) is 11.5 Å². The third-order valence-corrected chi connectivity index (χ3v) is 5.02. The Morgan fingerprint density at radius 1 is 1.16 bits per heavy atom. The average molecular weight is 451 g/mol. The Balaban J connectivity index is 3.07. The molecule has 11 nitrogen and oxygen atoms in total. The lowest BCUT2D eigenvalue weighted by molar-refractivity contribution is -0.525. The van der Waals surface area contributed by atoms with E-state index in [0.29, 0.717) is 19.3 Å². The Bertz CT molecular complexity index is 777. The summed E-state index contributed by atoms with van der Waals surface area (Å²) in [5.41, 5.74) is 13.6. The van der Waals surface area contributed by atoms with E-state index in [0.717, 1.165) is 18.4 Å². The summed E-state index contributed by atoms with van der Waals surface area (Å²) in [5.74, 6) is -1.23. The summed E-state index contributed by atoms with van der Waals surface area (Å²) in [6, 6.07) is 5.55. The molecule has 0 aromatic heterocycles. The Morgan fingerprint density at radius 3 is 2.25 bits per heavy atom. The van der Waals surface area contributed by atoms with Gasteiger partial charge in [-0.1, -0.05) is 44.2 Å². The molecular formula is C21H34N6O5. The number of phenols is 1. The predicted molar refractivity (Wildman–Crippen MR) is 121 cm³/mol. The van der Waals surface area contributed by atoms with Crippen molar-refractivity contribution in [1.29, 1.82) is 0 Å². The number of hydrogen-bond acceptors (Lipinski definition) is 6. The highest BCUT2D eigenvalue weighted by molar-refractivity contribution is 5.87. The van der Waals surface area contributed by atoms with Gasteiger partial charge in [0.2, 0.25) is 11.8 Å². The normalized spacial score (nSPS) is 12.4. The largest absolute Gasteiger partial charge is 0.508 e. The number of rotatable bonds is 14. The first-order chi connectivity index (χ1) is 15.2. The summed E-state index contributed by atoms with van der Waals surface area (Å²) in [6.07, 6.45) is 3.66. The van der Waals surface area contributed by atoms with Crippen LogP contribution in [0.3, 0.4) is 0 Å². The Kier molecular flexibility index (Phi) is 11.5. The molecule has 1 aromatic carbocycles. The van der Waals surface area contributed by atoms with Gasteiger partial charge in [0.25, 0.3) is 5.96 Å². The average Bonchev–Trinajstić information content (AvgIpc) is 2.72. The highest BCUT2D eigenvalue weighted by Crippen LogP contribution is 2.23. The third kappa shape index (κ3) is 9.19. The first-order valence-corrected chi connectivity index (χ1v) is 10.8.